The van der Waals surface area contributed by atoms with Crippen LogP contribution in [0.1, 0.15) is 265 Å². The van der Waals surface area contributed by atoms with Crippen molar-refractivity contribution in [1.29, 1.82) is 0 Å². The zero-order chi connectivity index (χ0) is 57.1. The lowest BCUT2D eigenvalue weighted by atomic mass is 10.1. The minimum atomic E-state index is -0.810. The Labute approximate surface area is 486 Å². The summed E-state index contributed by atoms with van der Waals surface area (Å²) in [4.78, 5) is 38.3. The van der Waals surface area contributed by atoms with Gasteiger partial charge in [0.15, 0.2) is 6.10 Å². The summed E-state index contributed by atoms with van der Waals surface area (Å²) < 4.78 is 16.9. The van der Waals surface area contributed by atoms with E-state index < -0.39 is 6.10 Å². The Morgan fingerprint density at radius 1 is 0.266 bits per heavy atom. The number of allylic oxidation sites excluding steroid dienone is 26. The number of hydrogen-bond donors (Lipinski definition) is 0. The zero-order valence-corrected chi connectivity index (χ0v) is 50.8. The molecule has 0 aromatic rings. The summed E-state index contributed by atoms with van der Waals surface area (Å²) in [5.74, 6) is -0.956. The standard InChI is InChI=1S/C73H116O6/c1-4-7-10-13-16-19-22-25-28-30-31-32-33-34-35-36-37-38-39-40-41-43-45-48-51-54-57-60-63-66-72(75)78-69-70(68-77-71(74)65-62-59-56-53-50-47-44-27-24-21-18-15-12-9-6-3)79-73(76)67-64-61-58-55-52-49-46-42-29-26-23-20-17-14-11-8-5-2/h7-8,10-11,16-21,25-29,31-32,34-35,37-38,40-41,44,46,49,70H,4-6,9,12-15,22-24,30,33,36,39,42-43,45,47-48,50-69H2,1-3H3/b10-7-,11-8-,19-16-,20-17-,21-18-,28-25-,29-26-,32-31-,35-34-,38-37-,41-40-,44-27-,49-46-. The topological polar surface area (TPSA) is 78.9 Å². The van der Waals surface area contributed by atoms with E-state index in [2.05, 4.69) is 179 Å². The van der Waals surface area contributed by atoms with Gasteiger partial charge in [-0.2, -0.15) is 0 Å². The molecule has 0 saturated heterocycles. The number of ether oxygens (including phenoxy) is 3. The zero-order valence-electron chi connectivity index (χ0n) is 50.8. The summed E-state index contributed by atoms with van der Waals surface area (Å²) in [5.41, 5.74) is 0. The molecule has 6 nitrogen and oxygen atoms in total. The summed E-state index contributed by atoms with van der Waals surface area (Å²) >= 11 is 0. The Balaban J connectivity index is 4.42. The van der Waals surface area contributed by atoms with Crippen LogP contribution in [-0.4, -0.2) is 37.2 Å². The maximum Gasteiger partial charge on any atom is 0.306 e. The normalized spacial score (nSPS) is 13.2. The van der Waals surface area contributed by atoms with Crippen LogP contribution in [0.2, 0.25) is 0 Å². The van der Waals surface area contributed by atoms with E-state index in [0.717, 1.165) is 173 Å². The van der Waals surface area contributed by atoms with Crippen molar-refractivity contribution >= 4 is 17.9 Å². The summed E-state index contributed by atoms with van der Waals surface area (Å²) in [5, 5.41) is 0. The molecule has 0 saturated carbocycles. The van der Waals surface area contributed by atoms with Gasteiger partial charge in [0.2, 0.25) is 0 Å². The van der Waals surface area contributed by atoms with E-state index in [4.69, 9.17) is 14.2 Å². The lowest BCUT2D eigenvalue weighted by Gasteiger charge is -2.18. The largest absolute Gasteiger partial charge is 0.462 e. The lowest BCUT2D eigenvalue weighted by molar-refractivity contribution is -0.167. The second-order valence-electron chi connectivity index (χ2n) is 20.5. The van der Waals surface area contributed by atoms with Gasteiger partial charge in [-0.05, 0) is 148 Å². The molecule has 0 fully saturated rings. The van der Waals surface area contributed by atoms with E-state index >= 15 is 0 Å². The van der Waals surface area contributed by atoms with Gasteiger partial charge < -0.3 is 14.2 Å². The van der Waals surface area contributed by atoms with Gasteiger partial charge in [0.1, 0.15) is 13.2 Å². The van der Waals surface area contributed by atoms with Gasteiger partial charge in [-0.25, -0.2) is 0 Å². The Bertz CT molecular complexity index is 1780. The molecule has 0 amide bonds. The predicted octanol–water partition coefficient (Wildman–Crippen LogP) is 22.1. The molecule has 1 atom stereocenters. The quantitative estimate of drug-likeness (QED) is 0.0261. The molecule has 0 aliphatic rings. The van der Waals surface area contributed by atoms with Crippen LogP contribution in [0, 0.1) is 0 Å². The summed E-state index contributed by atoms with van der Waals surface area (Å²) in [6.07, 6.45) is 95.3. The minimum absolute atomic E-state index is 0.105. The number of carbonyl (C=O) groups is 3. The Hall–Kier alpha value is -4.97. The third kappa shape index (κ3) is 63.7. The fraction of sp³-hybridized carbons (Fsp3) is 0.603. The SMILES string of the molecule is CC/C=C\C/C=C\C/C=C\C/C=C\C/C=C\C/C=C\C/C=C\CCCCCCCCCC(=O)OCC(COC(=O)CCCCCCC/C=C\C/C=C\CCCCC)OC(=O)CCCCCC/C=C\C/C=C\C/C=C\C/C=C\CC. The van der Waals surface area contributed by atoms with Gasteiger partial charge in [-0.3, -0.25) is 14.4 Å². The molecule has 6 heteroatoms. The van der Waals surface area contributed by atoms with Gasteiger partial charge in [-0.1, -0.05) is 256 Å². The second-order valence-corrected chi connectivity index (χ2v) is 20.5. The third-order valence-electron chi connectivity index (χ3n) is 13.0. The van der Waals surface area contributed by atoms with E-state index in [0.29, 0.717) is 12.8 Å². The van der Waals surface area contributed by atoms with E-state index in [-0.39, 0.29) is 37.5 Å². The van der Waals surface area contributed by atoms with Crippen molar-refractivity contribution in [2.45, 2.75) is 271 Å². The predicted molar refractivity (Wildman–Crippen MR) is 343 cm³/mol. The maximum absolute atomic E-state index is 12.9. The highest BCUT2D eigenvalue weighted by Crippen LogP contribution is 2.14. The van der Waals surface area contributed by atoms with Crippen molar-refractivity contribution in [3.05, 3.63) is 158 Å². The van der Waals surface area contributed by atoms with Crippen molar-refractivity contribution in [2.24, 2.45) is 0 Å². The number of esters is 3. The molecule has 0 aliphatic heterocycles. The van der Waals surface area contributed by atoms with Crippen LogP contribution in [0.4, 0.5) is 0 Å². The molecular formula is C73H116O6. The molecule has 0 rings (SSSR count). The van der Waals surface area contributed by atoms with Crippen LogP contribution >= 0.6 is 0 Å². The summed E-state index contributed by atoms with van der Waals surface area (Å²) in [7, 11) is 0. The number of unbranched alkanes of at least 4 members (excludes halogenated alkanes) is 19. The molecule has 0 spiro atoms. The molecule has 0 aliphatic carbocycles. The molecule has 0 heterocycles. The van der Waals surface area contributed by atoms with E-state index in [1.807, 2.05) is 0 Å². The smallest absolute Gasteiger partial charge is 0.306 e. The Kier molecular flexibility index (Phi) is 61.4. The molecule has 0 bridgehead atoms. The van der Waals surface area contributed by atoms with Crippen molar-refractivity contribution in [1.82, 2.24) is 0 Å². The van der Waals surface area contributed by atoms with Crippen molar-refractivity contribution < 1.29 is 28.6 Å². The molecule has 0 radical (unpaired) electrons. The van der Waals surface area contributed by atoms with E-state index in [1.54, 1.807) is 0 Å². The molecule has 0 aromatic carbocycles. The highest BCUT2D eigenvalue weighted by Gasteiger charge is 2.19. The highest BCUT2D eigenvalue weighted by atomic mass is 16.6. The van der Waals surface area contributed by atoms with Crippen LogP contribution in [0.25, 0.3) is 0 Å². The first-order valence-electron chi connectivity index (χ1n) is 32.0. The third-order valence-corrected chi connectivity index (χ3v) is 13.0. The fourth-order valence-electron chi connectivity index (χ4n) is 8.27. The Morgan fingerprint density at radius 3 is 0.772 bits per heavy atom. The molecular weight excluding hydrogens is 973 g/mol. The first-order chi connectivity index (χ1) is 39.0. The summed E-state index contributed by atoms with van der Waals surface area (Å²) in [6, 6.07) is 0. The van der Waals surface area contributed by atoms with Gasteiger partial charge >= 0.3 is 17.9 Å². The van der Waals surface area contributed by atoms with Crippen molar-refractivity contribution in [2.75, 3.05) is 13.2 Å². The number of rotatable bonds is 56. The van der Waals surface area contributed by atoms with Crippen molar-refractivity contribution in [3.63, 3.8) is 0 Å². The van der Waals surface area contributed by atoms with Crippen LogP contribution < -0.4 is 0 Å². The van der Waals surface area contributed by atoms with Crippen LogP contribution in [0.15, 0.2) is 158 Å². The van der Waals surface area contributed by atoms with Crippen molar-refractivity contribution in [3.8, 4) is 0 Å². The van der Waals surface area contributed by atoms with Gasteiger partial charge in [0.25, 0.3) is 0 Å². The molecule has 0 N–H and O–H groups in total. The monoisotopic (exact) mass is 1090 g/mol. The molecule has 444 valence electrons. The van der Waals surface area contributed by atoms with Crippen LogP contribution in [-0.2, 0) is 28.6 Å². The van der Waals surface area contributed by atoms with Gasteiger partial charge in [0, 0.05) is 19.3 Å². The van der Waals surface area contributed by atoms with Crippen LogP contribution in [0.5, 0.6) is 0 Å². The van der Waals surface area contributed by atoms with Gasteiger partial charge in [-0.15, -0.1) is 0 Å². The minimum Gasteiger partial charge on any atom is -0.462 e. The number of hydrogen-bond acceptors (Lipinski definition) is 6. The van der Waals surface area contributed by atoms with Gasteiger partial charge in [0.05, 0.1) is 0 Å². The Morgan fingerprint density at radius 2 is 0.494 bits per heavy atom. The van der Waals surface area contributed by atoms with E-state index in [1.165, 1.54) is 51.4 Å². The average Bonchev–Trinajstić information content (AvgIpc) is 3.45. The maximum atomic E-state index is 12.9. The molecule has 1 unspecified atom stereocenters. The first-order valence-corrected chi connectivity index (χ1v) is 32.0. The average molecular weight is 1090 g/mol. The second kappa shape index (κ2) is 65.5. The highest BCUT2D eigenvalue weighted by molar-refractivity contribution is 5.71. The molecule has 0 aromatic heterocycles. The molecule has 79 heavy (non-hydrogen) atoms. The number of carbonyl (C=O) groups excluding carboxylic acids is 3. The fourth-order valence-corrected chi connectivity index (χ4v) is 8.27. The first kappa shape index (κ1) is 74.0. The lowest BCUT2D eigenvalue weighted by Crippen LogP contribution is -2.30. The van der Waals surface area contributed by atoms with Crippen LogP contribution in [0.3, 0.4) is 0 Å². The van der Waals surface area contributed by atoms with E-state index in [9.17, 15) is 14.4 Å². The summed E-state index contributed by atoms with van der Waals surface area (Å²) in [6.45, 7) is 6.34.